The van der Waals surface area contributed by atoms with Gasteiger partial charge in [-0.3, -0.25) is 9.48 Å². The van der Waals surface area contributed by atoms with Gasteiger partial charge in [0, 0.05) is 18.2 Å². The molecular weight excluding hydrogens is 266 g/mol. The van der Waals surface area contributed by atoms with E-state index >= 15 is 0 Å². The van der Waals surface area contributed by atoms with E-state index in [2.05, 4.69) is 10.4 Å². The van der Waals surface area contributed by atoms with Crippen molar-refractivity contribution in [1.82, 2.24) is 9.78 Å². The quantitative estimate of drug-likeness (QED) is 0.920. The van der Waals surface area contributed by atoms with Gasteiger partial charge in [0.2, 0.25) is 0 Å². The van der Waals surface area contributed by atoms with Gasteiger partial charge in [0.1, 0.15) is 11.6 Å². The first-order valence-electron chi connectivity index (χ1n) is 7.13. The Hall–Kier alpha value is -2.30. The Labute approximate surface area is 124 Å². The number of nitrogens with one attached hydrogen (secondary N) is 1. The lowest BCUT2D eigenvalue weighted by atomic mass is 10.2. The van der Waals surface area contributed by atoms with Gasteiger partial charge in [0.05, 0.1) is 12.3 Å². The van der Waals surface area contributed by atoms with Crippen LogP contribution in [0.2, 0.25) is 0 Å². The van der Waals surface area contributed by atoms with Crippen LogP contribution in [0.1, 0.15) is 35.5 Å². The molecule has 0 saturated heterocycles. The van der Waals surface area contributed by atoms with Crippen LogP contribution in [0.15, 0.2) is 24.3 Å². The fourth-order valence-corrected chi connectivity index (χ4v) is 2.24. The summed E-state index contributed by atoms with van der Waals surface area (Å²) in [4.78, 5) is 12.3. The van der Waals surface area contributed by atoms with Crippen LogP contribution < -0.4 is 10.1 Å². The van der Waals surface area contributed by atoms with Crippen molar-refractivity contribution < 1.29 is 9.53 Å². The number of nitrogens with zero attached hydrogens (tertiary/aromatic N) is 2. The first kappa shape index (κ1) is 15.1. The highest BCUT2D eigenvalue weighted by molar-refractivity contribution is 6.04. The lowest BCUT2D eigenvalue weighted by Gasteiger charge is -2.08. The predicted molar refractivity (Wildman–Crippen MR) is 82.9 cm³/mol. The summed E-state index contributed by atoms with van der Waals surface area (Å²) in [6.45, 7) is 6.56. The number of rotatable bonds is 5. The minimum atomic E-state index is -0.146. The van der Waals surface area contributed by atoms with E-state index in [0.717, 1.165) is 29.2 Å². The third kappa shape index (κ3) is 3.24. The first-order chi connectivity index (χ1) is 10.1. The molecule has 5 heteroatoms. The predicted octanol–water partition coefficient (Wildman–Crippen LogP) is 2.94. The molecule has 2 rings (SSSR count). The Morgan fingerprint density at radius 3 is 2.48 bits per heavy atom. The number of carbonyl (C=O) groups excluding carboxylic acids is 1. The minimum absolute atomic E-state index is 0.146. The molecule has 5 nitrogen and oxygen atoms in total. The normalized spacial score (nSPS) is 10.5. The molecule has 0 radical (unpaired) electrons. The second-order valence-electron chi connectivity index (χ2n) is 4.81. The zero-order chi connectivity index (χ0) is 15.4. The van der Waals surface area contributed by atoms with E-state index in [0.29, 0.717) is 12.2 Å². The second-order valence-corrected chi connectivity index (χ2v) is 4.81. The van der Waals surface area contributed by atoms with Crippen molar-refractivity contribution in [3.05, 3.63) is 41.1 Å². The summed E-state index contributed by atoms with van der Waals surface area (Å²) in [5, 5.41) is 7.32. The molecule has 1 heterocycles. The van der Waals surface area contributed by atoms with Gasteiger partial charge in [-0.2, -0.15) is 5.10 Å². The van der Waals surface area contributed by atoms with Gasteiger partial charge in [-0.1, -0.05) is 6.92 Å². The summed E-state index contributed by atoms with van der Waals surface area (Å²) in [5.74, 6) is 1.36. The van der Waals surface area contributed by atoms with Crippen LogP contribution in [-0.4, -0.2) is 22.3 Å². The Bertz CT molecular complexity index is 630. The van der Waals surface area contributed by atoms with Crippen LogP contribution in [0.5, 0.6) is 5.75 Å². The Kier molecular flexibility index (Phi) is 4.62. The highest BCUT2D eigenvalue weighted by Gasteiger charge is 2.14. The summed E-state index contributed by atoms with van der Waals surface area (Å²) in [5.41, 5.74) is 2.61. The van der Waals surface area contributed by atoms with Crippen molar-refractivity contribution in [3.8, 4) is 5.75 Å². The fourth-order valence-electron chi connectivity index (χ4n) is 2.24. The zero-order valence-corrected chi connectivity index (χ0v) is 12.9. The molecule has 21 heavy (non-hydrogen) atoms. The molecule has 0 saturated carbocycles. The smallest absolute Gasteiger partial charge is 0.256 e. The number of aryl methyl sites for hydroxylation is 2. The topological polar surface area (TPSA) is 56.1 Å². The van der Waals surface area contributed by atoms with Crippen LogP contribution in [-0.2, 0) is 13.5 Å². The van der Waals surface area contributed by atoms with Gasteiger partial charge in [0.15, 0.2) is 0 Å². The fraction of sp³-hybridized carbons (Fsp3) is 0.375. The Morgan fingerprint density at radius 1 is 1.29 bits per heavy atom. The third-order valence-electron chi connectivity index (χ3n) is 3.38. The molecule has 0 atom stereocenters. The Balaban J connectivity index is 2.16. The van der Waals surface area contributed by atoms with E-state index in [9.17, 15) is 4.79 Å². The van der Waals surface area contributed by atoms with Gasteiger partial charge >= 0.3 is 0 Å². The summed E-state index contributed by atoms with van der Waals surface area (Å²) in [6.07, 6.45) is 0.846. The number of hydrogen-bond acceptors (Lipinski definition) is 3. The molecule has 0 aliphatic rings. The van der Waals surface area contributed by atoms with E-state index in [1.54, 1.807) is 28.9 Å². The van der Waals surface area contributed by atoms with Gasteiger partial charge in [-0.15, -0.1) is 0 Å². The van der Waals surface area contributed by atoms with Gasteiger partial charge in [0.25, 0.3) is 5.91 Å². The van der Waals surface area contributed by atoms with Crippen LogP contribution in [0.3, 0.4) is 0 Å². The van der Waals surface area contributed by atoms with Crippen molar-refractivity contribution in [3.63, 3.8) is 0 Å². The van der Waals surface area contributed by atoms with E-state index in [4.69, 9.17) is 4.74 Å². The van der Waals surface area contributed by atoms with Crippen molar-refractivity contribution in [2.24, 2.45) is 7.05 Å². The lowest BCUT2D eigenvalue weighted by molar-refractivity contribution is 0.102. The van der Waals surface area contributed by atoms with Gasteiger partial charge in [-0.05, 0) is 44.5 Å². The molecule has 0 spiro atoms. The molecule has 1 amide bonds. The average Bonchev–Trinajstić information content (AvgIpc) is 2.75. The van der Waals surface area contributed by atoms with Gasteiger partial charge < -0.3 is 10.1 Å². The molecule has 2 aromatic rings. The van der Waals surface area contributed by atoms with E-state index in [1.165, 1.54) is 0 Å². The minimum Gasteiger partial charge on any atom is -0.494 e. The van der Waals surface area contributed by atoms with Crippen LogP contribution >= 0.6 is 0 Å². The molecule has 1 aromatic heterocycles. The first-order valence-corrected chi connectivity index (χ1v) is 7.13. The molecule has 0 aliphatic heterocycles. The number of carbonyl (C=O) groups is 1. The molecule has 0 unspecified atom stereocenters. The molecule has 112 valence electrons. The van der Waals surface area contributed by atoms with E-state index in [1.807, 2.05) is 27.8 Å². The third-order valence-corrected chi connectivity index (χ3v) is 3.38. The number of anilines is 1. The van der Waals surface area contributed by atoms with Crippen LogP contribution in [0.25, 0.3) is 0 Å². The van der Waals surface area contributed by atoms with E-state index < -0.39 is 0 Å². The maximum atomic E-state index is 12.3. The molecular formula is C16H21N3O2. The van der Waals surface area contributed by atoms with Crippen molar-refractivity contribution in [2.75, 3.05) is 11.9 Å². The zero-order valence-electron chi connectivity index (χ0n) is 12.9. The van der Waals surface area contributed by atoms with Crippen LogP contribution in [0.4, 0.5) is 5.82 Å². The molecule has 0 aliphatic carbocycles. The highest BCUT2D eigenvalue weighted by atomic mass is 16.5. The number of hydrogen-bond donors (Lipinski definition) is 1. The lowest BCUT2D eigenvalue weighted by Crippen LogP contribution is -2.15. The standard InChI is InChI=1S/C16H21N3O2/c1-5-14-11(3)15(19(4)18-14)17-16(20)12-7-9-13(10-8-12)21-6-2/h7-10H,5-6H2,1-4H3,(H,17,20). The maximum Gasteiger partial charge on any atom is 0.256 e. The largest absolute Gasteiger partial charge is 0.494 e. The summed E-state index contributed by atoms with van der Waals surface area (Å²) in [6, 6.07) is 7.11. The Morgan fingerprint density at radius 2 is 1.95 bits per heavy atom. The number of benzene rings is 1. The summed E-state index contributed by atoms with van der Waals surface area (Å²) < 4.78 is 7.08. The molecule has 1 N–H and O–H groups in total. The molecule has 1 aromatic carbocycles. The number of amides is 1. The molecule has 0 bridgehead atoms. The van der Waals surface area contributed by atoms with Gasteiger partial charge in [-0.25, -0.2) is 0 Å². The molecule has 0 fully saturated rings. The number of aromatic nitrogens is 2. The summed E-state index contributed by atoms with van der Waals surface area (Å²) >= 11 is 0. The van der Waals surface area contributed by atoms with Crippen molar-refractivity contribution in [1.29, 1.82) is 0 Å². The average molecular weight is 287 g/mol. The highest BCUT2D eigenvalue weighted by Crippen LogP contribution is 2.20. The number of ether oxygens (including phenoxy) is 1. The van der Waals surface area contributed by atoms with Crippen molar-refractivity contribution >= 4 is 11.7 Å². The summed E-state index contributed by atoms with van der Waals surface area (Å²) in [7, 11) is 1.83. The SMILES string of the molecule is CCOc1ccc(C(=O)Nc2c(C)c(CC)nn2C)cc1. The maximum absolute atomic E-state index is 12.3. The monoisotopic (exact) mass is 287 g/mol. The van der Waals surface area contributed by atoms with Crippen molar-refractivity contribution in [2.45, 2.75) is 27.2 Å². The second kappa shape index (κ2) is 6.43. The van der Waals surface area contributed by atoms with Crippen LogP contribution in [0, 0.1) is 6.92 Å². The van der Waals surface area contributed by atoms with E-state index in [-0.39, 0.29) is 5.91 Å².